The molecule has 9 aromatic rings. The summed E-state index contributed by atoms with van der Waals surface area (Å²) in [7, 11) is 0. The third-order valence-corrected chi connectivity index (χ3v) is 10.1. The SMILES string of the molecule is Cc1cccc(C)c1-c1nnc2c3[c-]c(Oc4[c-]c5c(cc4)c4cccc6c4n5-c4ncccc4C6(C)C)ncc3c3ccccc3n12.[Pt+2]. The zero-order chi connectivity index (χ0) is 32.3. The number of aryl methyl sites for hydroxylation is 2. The summed E-state index contributed by atoms with van der Waals surface area (Å²) in [5, 5.41) is 14.5. The van der Waals surface area contributed by atoms with Gasteiger partial charge in [0.15, 0.2) is 11.7 Å². The first-order valence-corrected chi connectivity index (χ1v) is 16.1. The molecule has 4 aromatic carbocycles. The van der Waals surface area contributed by atoms with Gasteiger partial charge in [0.25, 0.3) is 0 Å². The van der Waals surface area contributed by atoms with Crippen molar-refractivity contribution < 1.29 is 25.8 Å². The first-order valence-electron chi connectivity index (χ1n) is 16.1. The van der Waals surface area contributed by atoms with E-state index in [0.29, 0.717) is 17.3 Å². The Labute approximate surface area is 296 Å². The fourth-order valence-corrected chi connectivity index (χ4v) is 7.79. The predicted molar refractivity (Wildman–Crippen MR) is 189 cm³/mol. The van der Waals surface area contributed by atoms with E-state index in [1.165, 1.54) is 16.5 Å². The van der Waals surface area contributed by atoms with E-state index in [1.807, 2.05) is 36.7 Å². The smallest absolute Gasteiger partial charge is 0.477 e. The van der Waals surface area contributed by atoms with Crippen LogP contribution in [0.25, 0.3) is 66.3 Å². The Balaban J connectivity index is 0.00000325. The van der Waals surface area contributed by atoms with Gasteiger partial charge in [-0.05, 0) is 59.6 Å². The molecule has 49 heavy (non-hydrogen) atoms. The van der Waals surface area contributed by atoms with Gasteiger partial charge in [-0.3, -0.25) is 0 Å². The molecule has 8 heteroatoms. The minimum Gasteiger partial charge on any atom is -0.477 e. The molecule has 1 aliphatic heterocycles. The molecule has 0 saturated heterocycles. The second kappa shape index (κ2) is 10.6. The molecule has 0 saturated carbocycles. The number of ether oxygens (including phenoxy) is 1. The summed E-state index contributed by atoms with van der Waals surface area (Å²) in [6, 6.07) is 36.4. The van der Waals surface area contributed by atoms with E-state index in [0.717, 1.165) is 66.4 Å². The zero-order valence-corrected chi connectivity index (χ0v) is 29.4. The fourth-order valence-electron chi connectivity index (χ4n) is 7.79. The first kappa shape index (κ1) is 29.7. The quantitative estimate of drug-likeness (QED) is 0.132. The topological polar surface area (TPSA) is 70.1 Å². The zero-order valence-electron chi connectivity index (χ0n) is 27.1. The summed E-state index contributed by atoms with van der Waals surface area (Å²) >= 11 is 0. The normalized spacial score (nSPS) is 13.3. The van der Waals surface area contributed by atoms with Crippen molar-refractivity contribution >= 4 is 49.1 Å². The molecule has 0 unspecified atom stereocenters. The number of benzene rings is 4. The molecule has 0 bridgehead atoms. The molecule has 0 aliphatic carbocycles. The predicted octanol–water partition coefficient (Wildman–Crippen LogP) is 9.24. The third-order valence-electron chi connectivity index (χ3n) is 10.1. The van der Waals surface area contributed by atoms with Gasteiger partial charge in [0, 0.05) is 39.5 Å². The van der Waals surface area contributed by atoms with Crippen molar-refractivity contribution in [3.8, 4) is 28.8 Å². The Bertz CT molecular complexity index is 2810. The molecular weight excluding hydrogens is 788 g/mol. The van der Waals surface area contributed by atoms with E-state index >= 15 is 0 Å². The molecule has 5 aromatic heterocycles. The van der Waals surface area contributed by atoms with Gasteiger partial charge in [0.05, 0.1) is 5.65 Å². The second-order valence-electron chi connectivity index (χ2n) is 13.2. The van der Waals surface area contributed by atoms with Gasteiger partial charge in [-0.1, -0.05) is 85.4 Å². The molecule has 0 radical (unpaired) electrons. The fraction of sp³-hybridized carbons (Fsp3) is 0.122. The number of rotatable bonds is 3. The van der Waals surface area contributed by atoms with Crippen molar-refractivity contribution in [2.24, 2.45) is 0 Å². The summed E-state index contributed by atoms with van der Waals surface area (Å²) in [6.07, 6.45) is 3.70. The van der Waals surface area contributed by atoms with Crippen LogP contribution in [0.1, 0.15) is 36.1 Å². The number of hydrogen-bond acceptors (Lipinski definition) is 5. The molecule has 10 rings (SSSR count). The van der Waals surface area contributed by atoms with E-state index in [4.69, 9.17) is 24.9 Å². The first-order chi connectivity index (χ1) is 23.4. The average Bonchev–Trinajstić information content (AvgIpc) is 3.68. The Morgan fingerprint density at radius 2 is 1.49 bits per heavy atom. The maximum absolute atomic E-state index is 6.44. The summed E-state index contributed by atoms with van der Waals surface area (Å²) < 4.78 is 10.8. The van der Waals surface area contributed by atoms with Crippen molar-refractivity contribution in [1.82, 2.24) is 29.1 Å². The van der Waals surface area contributed by atoms with Gasteiger partial charge in [0.2, 0.25) is 0 Å². The standard InChI is InChI=1S/C41H28N6O.Pt/c1-23-10-7-11-24(2)36(23)40-45-44-38-29-21-35(43-22-30(29)26-12-5-6-16-33(26)47(38)40)48-25-17-18-27-28-13-8-14-31-37(28)46(34(27)20-25)39-32(41(31,3)4)15-9-19-42-39;/h5-19,22H,1-4H3;/q-2;+2. The largest absolute Gasteiger partial charge is 2.00 e. The molecule has 7 nitrogen and oxygen atoms in total. The molecule has 0 atom stereocenters. The number of aromatic nitrogens is 6. The number of hydrogen-bond donors (Lipinski definition) is 0. The average molecular weight is 816 g/mol. The van der Waals surface area contributed by atoms with Crippen LogP contribution in [0.4, 0.5) is 0 Å². The van der Waals surface area contributed by atoms with Crippen LogP contribution in [0.3, 0.4) is 0 Å². The van der Waals surface area contributed by atoms with Gasteiger partial charge in [-0.25, -0.2) is 9.97 Å². The van der Waals surface area contributed by atoms with Crippen LogP contribution in [0.15, 0.2) is 97.3 Å². The summed E-state index contributed by atoms with van der Waals surface area (Å²) in [6.45, 7) is 8.76. The van der Waals surface area contributed by atoms with Crippen molar-refractivity contribution in [3.63, 3.8) is 0 Å². The Morgan fingerprint density at radius 3 is 2.35 bits per heavy atom. The van der Waals surface area contributed by atoms with Crippen LogP contribution in [0.2, 0.25) is 0 Å². The summed E-state index contributed by atoms with van der Waals surface area (Å²) in [4.78, 5) is 9.59. The van der Waals surface area contributed by atoms with E-state index in [-0.39, 0.29) is 26.5 Å². The molecule has 238 valence electrons. The summed E-state index contributed by atoms with van der Waals surface area (Å²) in [5.41, 5.74) is 9.41. The van der Waals surface area contributed by atoms with Gasteiger partial charge in [0.1, 0.15) is 5.82 Å². The molecule has 0 amide bonds. The number of pyridine rings is 3. The molecule has 0 N–H and O–H groups in total. The molecular formula is C41H28N6OPt. The van der Waals surface area contributed by atoms with Gasteiger partial charge < -0.3 is 13.7 Å². The van der Waals surface area contributed by atoms with Crippen LogP contribution in [-0.2, 0) is 26.5 Å². The van der Waals surface area contributed by atoms with Crippen molar-refractivity contribution in [2.75, 3.05) is 0 Å². The second-order valence-corrected chi connectivity index (χ2v) is 13.2. The van der Waals surface area contributed by atoms with Crippen LogP contribution >= 0.6 is 0 Å². The minimum absolute atomic E-state index is 0. The molecule has 1 aliphatic rings. The van der Waals surface area contributed by atoms with E-state index in [2.05, 4.69) is 109 Å². The van der Waals surface area contributed by atoms with Crippen molar-refractivity contribution in [2.45, 2.75) is 33.1 Å². The van der Waals surface area contributed by atoms with Crippen LogP contribution in [-0.4, -0.2) is 29.1 Å². The van der Waals surface area contributed by atoms with Crippen LogP contribution < -0.4 is 4.74 Å². The van der Waals surface area contributed by atoms with Crippen LogP contribution in [0.5, 0.6) is 11.6 Å². The van der Waals surface area contributed by atoms with Crippen LogP contribution in [0, 0.1) is 26.0 Å². The number of fused-ring (bicyclic) bond motifs is 11. The van der Waals surface area contributed by atoms with E-state index in [9.17, 15) is 0 Å². The third kappa shape index (κ3) is 4.06. The van der Waals surface area contributed by atoms with Crippen molar-refractivity contribution in [3.05, 3.63) is 132 Å². The molecule has 0 fully saturated rings. The molecule has 6 heterocycles. The molecule has 0 spiro atoms. The van der Waals surface area contributed by atoms with E-state index in [1.54, 1.807) is 0 Å². The van der Waals surface area contributed by atoms with E-state index < -0.39 is 0 Å². The Kier molecular flexibility index (Phi) is 6.40. The maximum atomic E-state index is 6.44. The van der Waals surface area contributed by atoms with Gasteiger partial charge >= 0.3 is 21.1 Å². The van der Waals surface area contributed by atoms with Gasteiger partial charge in [-0.2, -0.15) is 11.2 Å². The number of para-hydroxylation sites is 2. The Hall–Kier alpha value is -5.39. The monoisotopic (exact) mass is 815 g/mol. The van der Waals surface area contributed by atoms with Crippen molar-refractivity contribution in [1.29, 1.82) is 0 Å². The number of nitrogens with zero attached hydrogens (tertiary/aromatic N) is 6. The summed E-state index contributed by atoms with van der Waals surface area (Å²) in [5.74, 6) is 2.60. The minimum atomic E-state index is -0.189. The van der Waals surface area contributed by atoms with Gasteiger partial charge in [-0.15, -0.1) is 34.1 Å². The Morgan fingerprint density at radius 1 is 0.714 bits per heavy atom. The maximum Gasteiger partial charge on any atom is 2.00 e.